The Labute approximate surface area is 108 Å². The average molecular weight is 257 g/mol. The number of nitrogens with two attached hydrogens (primary N) is 1. The number of primary amides is 1. The Hall–Kier alpha value is -1.14. The van der Waals surface area contributed by atoms with Crippen LogP contribution in [0.4, 0.5) is 0 Å². The van der Waals surface area contributed by atoms with Gasteiger partial charge in [0.2, 0.25) is 11.8 Å². The number of carbonyl (C=O) groups excluding carboxylic acids is 2. The zero-order chi connectivity index (χ0) is 13.2. The second kappa shape index (κ2) is 8.88. The van der Waals surface area contributed by atoms with Gasteiger partial charge in [0.15, 0.2) is 0 Å². The van der Waals surface area contributed by atoms with Gasteiger partial charge in [0.25, 0.3) is 0 Å². The summed E-state index contributed by atoms with van der Waals surface area (Å²) >= 11 is 0. The summed E-state index contributed by atoms with van der Waals surface area (Å²) in [7, 11) is 0. The van der Waals surface area contributed by atoms with E-state index in [4.69, 9.17) is 10.5 Å². The molecule has 1 saturated heterocycles. The van der Waals surface area contributed by atoms with Crippen LogP contribution in [0.5, 0.6) is 0 Å². The quantitative estimate of drug-likeness (QED) is 0.512. The molecule has 4 N–H and O–H groups in total. The SMILES string of the molecule is NC(=O)COCCNC(=O)CCC1CCCCN1. The molecule has 1 fully saturated rings. The molecule has 2 amide bonds. The van der Waals surface area contributed by atoms with E-state index in [1.54, 1.807) is 0 Å². The smallest absolute Gasteiger partial charge is 0.243 e. The maximum absolute atomic E-state index is 11.5. The fourth-order valence-corrected chi connectivity index (χ4v) is 2.00. The standard InChI is InChI=1S/C12H23N3O3/c13-11(16)9-18-8-7-15-12(17)5-4-10-3-1-2-6-14-10/h10,14H,1-9H2,(H2,13,16)(H,15,17). The van der Waals surface area contributed by atoms with Crippen LogP contribution < -0.4 is 16.4 Å². The molecule has 0 aromatic rings. The van der Waals surface area contributed by atoms with Crippen molar-refractivity contribution >= 4 is 11.8 Å². The fraction of sp³-hybridized carbons (Fsp3) is 0.833. The van der Waals surface area contributed by atoms with Crippen LogP contribution in [0.1, 0.15) is 32.1 Å². The lowest BCUT2D eigenvalue weighted by atomic mass is 10.0. The highest BCUT2D eigenvalue weighted by Crippen LogP contribution is 2.11. The van der Waals surface area contributed by atoms with Crippen LogP contribution in [0.15, 0.2) is 0 Å². The Morgan fingerprint density at radius 3 is 2.89 bits per heavy atom. The summed E-state index contributed by atoms with van der Waals surface area (Å²) < 4.78 is 4.94. The predicted octanol–water partition coefficient (Wildman–Crippen LogP) is -0.473. The first-order valence-corrected chi connectivity index (χ1v) is 6.54. The third-order valence-electron chi connectivity index (χ3n) is 2.95. The van der Waals surface area contributed by atoms with Gasteiger partial charge in [-0.2, -0.15) is 0 Å². The van der Waals surface area contributed by atoms with Crippen molar-refractivity contribution in [2.45, 2.75) is 38.1 Å². The van der Waals surface area contributed by atoms with Gasteiger partial charge in [-0.05, 0) is 25.8 Å². The minimum absolute atomic E-state index is 0.0325. The van der Waals surface area contributed by atoms with Crippen molar-refractivity contribution in [3.05, 3.63) is 0 Å². The monoisotopic (exact) mass is 257 g/mol. The molecule has 104 valence electrons. The molecule has 1 heterocycles. The largest absolute Gasteiger partial charge is 0.370 e. The summed E-state index contributed by atoms with van der Waals surface area (Å²) in [6.45, 7) is 1.70. The molecule has 6 heteroatoms. The third kappa shape index (κ3) is 7.24. The fourth-order valence-electron chi connectivity index (χ4n) is 2.00. The Kier molecular flexibility index (Phi) is 7.36. The lowest BCUT2D eigenvalue weighted by Crippen LogP contribution is -2.36. The van der Waals surface area contributed by atoms with Crippen LogP contribution >= 0.6 is 0 Å². The number of piperidine rings is 1. The Balaban J connectivity index is 1.94. The molecule has 0 radical (unpaired) electrons. The van der Waals surface area contributed by atoms with Crippen molar-refractivity contribution in [3.8, 4) is 0 Å². The Morgan fingerprint density at radius 2 is 2.22 bits per heavy atom. The number of nitrogens with one attached hydrogen (secondary N) is 2. The molecule has 1 aliphatic heterocycles. The van der Waals surface area contributed by atoms with Crippen LogP contribution in [0.25, 0.3) is 0 Å². The first kappa shape index (κ1) is 14.9. The molecular weight excluding hydrogens is 234 g/mol. The van der Waals surface area contributed by atoms with E-state index < -0.39 is 5.91 Å². The molecule has 0 spiro atoms. The van der Waals surface area contributed by atoms with Crippen LogP contribution in [-0.4, -0.2) is 44.2 Å². The first-order valence-electron chi connectivity index (χ1n) is 6.54. The van der Waals surface area contributed by atoms with Crippen molar-refractivity contribution in [3.63, 3.8) is 0 Å². The topological polar surface area (TPSA) is 93.5 Å². The van der Waals surface area contributed by atoms with E-state index in [1.165, 1.54) is 12.8 Å². The van der Waals surface area contributed by atoms with E-state index in [1.807, 2.05) is 0 Å². The summed E-state index contributed by atoms with van der Waals surface area (Å²) in [6, 6.07) is 0.482. The van der Waals surface area contributed by atoms with Crippen LogP contribution in [0.3, 0.4) is 0 Å². The second-order valence-corrected chi connectivity index (χ2v) is 4.55. The number of ether oxygens (including phenoxy) is 1. The van der Waals surface area contributed by atoms with Gasteiger partial charge < -0.3 is 21.1 Å². The summed E-state index contributed by atoms with van der Waals surface area (Å²) in [4.78, 5) is 21.9. The Morgan fingerprint density at radius 1 is 1.39 bits per heavy atom. The van der Waals surface area contributed by atoms with E-state index in [2.05, 4.69) is 10.6 Å². The zero-order valence-corrected chi connectivity index (χ0v) is 10.7. The molecular formula is C12H23N3O3. The van der Waals surface area contributed by atoms with Crippen molar-refractivity contribution in [2.75, 3.05) is 26.3 Å². The molecule has 0 aromatic heterocycles. The van der Waals surface area contributed by atoms with Crippen molar-refractivity contribution < 1.29 is 14.3 Å². The molecule has 0 aromatic carbocycles. The number of hydrogen-bond acceptors (Lipinski definition) is 4. The van der Waals surface area contributed by atoms with Crippen LogP contribution in [0.2, 0.25) is 0 Å². The van der Waals surface area contributed by atoms with Crippen LogP contribution in [0, 0.1) is 0 Å². The molecule has 0 aliphatic carbocycles. The van der Waals surface area contributed by atoms with Gasteiger partial charge in [0, 0.05) is 19.0 Å². The van der Waals surface area contributed by atoms with Gasteiger partial charge in [0.1, 0.15) is 6.61 Å². The van der Waals surface area contributed by atoms with Crippen LogP contribution in [-0.2, 0) is 14.3 Å². The average Bonchev–Trinajstić information content (AvgIpc) is 2.37. The number of amides is 2. The van der Waals surface area contributed by atoms with E-state index in [0.717, 1.165) is 19.4 Å². The molecule has 0 saturated carbocycles. The lowest BCUT2D eigenvalue weighted by Gasteiger charge is -2.23. The molecule has 0 bridgehead atoms. The van der Waals surface area contributed by atoms with Gasteiger partial charge in [-0.15, -0.1) is 0 Å². The maximum Gasteiger partial charge on any atom is 0.243 e. The number of rotatable bonds is 8. The van der Waals surface area contributed by atoms with Crippen molar-refractivity contribution in [1.82, 2.24) is 10.6 Å². The van der Waals surface area contributed by atoms with E-state index >= 15 is 0 Å². The zero-order valence-electron chi connectivity index (χ0n) is 10.7. The maximum atomic E-state index is 11.5. The van der Waals surface area contributed by atoms with Gasteiger partial charge in [-0.1, -0.05) is 6.42 Å². The molecule has 6 nitrogen and oxygen atoms in total. The predicted molar refractivity (Wildman–Crippen MR) is 67.9 cm³/mol. The Bertz CT molecular complexity index is 265. The minimum atomic E-state index is -0.496. The summed E-state index contributed by atoms with van der Waals surface area (Å²) in [5.74, 6) is -0.463. The summed E-state index contributed by atoms with van der Waals surface area (Å²) in [6.07, 6.45) is 5.07. The summed E-state index contributed by atoms with van der Waals surface area (Å²) in [5, 5.41) is 6.16. The highest BCUT2D eigenvalue weighted by atomic mass is 16.5. The van der Waals surface area contributed by atoms with E-state index in [0.29, 0.717) is 25.6 Å². The third-order valence-corrected chi connectivity index (χ3v) is 2.95. The molecule has 1 atom stereocenters. The highest BCUT2D eigenvalue weighted by Gasteiger charge is 2.13. The first-order chi connectivity index (χ1) is 8.68. The van der Waals surface area contributed by atoms with Gasteiger partial charge >= 0.3 is 0 Å². The second-order valence-electron chi connectivity index (χ2n) is 4.55. The number of carbonyl (C=O) groups is 2. The minimum Gasteiger partial charge on any atom is -0.370 e. The van der Waals surface area contributed by atoms with Gasteiger partial charge in [0.05, 0.1) is 6.61 Å². The molecule has 1 unspecified atom stereocenters. The number of hydrogen-bond donors (Lipinski definition) is 3. The van der Waals surface area contributed by atoms with E-state index in [9.17, 15) is 9.59 Å². The van der Waals surface area contributed by atoms with Crippen molar-refractivity contribution in [1.29, 1.82) is 0 Å². The van der Waals surface area contributed by atoms with Gasteiger partial charge in [-0.25, -0.2) is 0 Å². The summed E-state index contributed by atoms with van der Waals surface area (Å²) in [5.41, 5.74) is 4.91. The molecule has 18 heavy (non-hydrogen) atoms. The molecule has 1 rings (SSSR count). The highest BCUT2D eigenvalue weighted by molar-refractivity contribution is 5.76. The molecule has 1 aliphatic rings. The normalized spacial score (nSPS) is 19.4. The van der Waals surface area contributed by atoms with Crippen molar-refractivity contribution in [2.24, 2.45) is 5.73 Å². The lowest BCUT2D eigenvalue weighted by molar-refractivity contribution is -0.122. The van der Waals surface area contributed by atoms with Gasteiger partial charge in [-0.3, -0.25) is 9.59 Å². The van der Waals surface area contributed by atoms with E-state index in [-0.39, 0.29) is 12.5 Å².